The molecule has 0 aromatic carbocycles. The van der Waals surface area contributed by atoms with E-state index in [4.69, 9.17) is 0 Å². The van der Waals surface area contributed by atoms with Crippen LogP contribution in [-0.2, 0) is 14.3 Å². The summed E-state index contributed by atoms with van der Waals surface area (Å²) >= 11 is 0. The standard InChI is InChI=1S/C18H26O4/c1-11(9-16(20)22-7)8-12(2)18(21)14(4)13(3)15(19)10-17(18,5)6/h8-9,21H,10H2,1-7H3/b11-9-,12-8+/t18-/m0/s1. The fraction of sp³-hybridized carbons (Fsp3) is 0.556. The molecular weight excluding hydrogens is 280 g/mol. The lowest BCUT2D eigenvalue weighted by Gasteiger charge is -2.48. The number of hydrogen-bond acceptors (Lipinski definition) is 4. The van der Waals surface area contributed by atoms with E-state index in [2.05, 4.69) is 4.74 Å². The Bertz CT molecular complexity index is 590. The maximum absolute atomic E-state index is 12.1. The predicted octanol–water partition coefficient (Wildman–Crippen LogP) is 3.12. The van der Waals surface area contributed by atoms with Crippen molar-refractivity contribution in [3.05, 3.63) is 34.4 Å². The zero-order valence-corrected chi connectivity index (χ0v) is 14.5. The zero-order chi connectivity index (χ0) is 17.3. The second-order valence-corrected chi connectivity index (χ2v) is 6.68. The van der Waals surface area contributed by atoms with Crippen LogP contribution >= 0.6 is 0 Å². The van der Waals surface area contributed by atoms with Gasteiger partial charge in [-0.2, -0.15) is 0 Å². The van der Waals surface area contributed by atoms with Gasteiger partial charge in [0.05, 0.1) is 7.11 Å². The van der Waals surface area contributed by atoms with Gasteiger partial charge in [-0.1, -0.05) is 19.9 Å². The molecule has 0 unspecified atom stereocenters. The maximum atomic E-state index is 12.1. The lowest BCUT2D eigenvalue weighted by molar-refractivity contribution is -0.134. The van der Waals surface area contributed by atoms with Gasteiger partial charge in [0.1, 0.15) is 5.60 Å². The van der Waals surface area contributed by atoms with E-state index < -0.39 is 17.0 Å². The van der Waals surface area contributed by atoms with Crippen LogP contribution in [-0.4, -0.2) is 29.6 Å². The van der Waals surface area contributed by atoms with Gasteiger partial charge >= 0.3 is 5.97 Å². The van der Waals surface area contributed by atoms with Gasteiger partial charge < -0.3 is 9.84 Å². The second-order valence-electron chi connectivity index (χ2n) is 6.68. The van der Waals surface area contributed by atoms with E-state index in [0.717, 1.165) is 0 Å². The highest BCUT2D eigenvalue weighted by molar-refractivity contribution is 5.98. The van der Waals surface area contributed by atoms with Crippen LogP contribution in [0.25, 0.3) is 0 Å². The SMILES string of the molecule is COC(=O)/C=C(C)\C=C(/C)[C@]1(O)C(C)=C(C)C(=O)CC1(C)C. The van der Waals surface area contributed by atoms with Crippen molar-refractivity contribution in [2.45, 2.75) is 53.6 Å². The lowest BCUT2D eigenvalue weighted by Crippen LogP contribution is -2.51. The largest absolute Gasteiger partial charge is 0.466 e. The number of aliphatic hydroxyl groups is 1. The number of carbonyl (C=O) groups is 2. The first-order valence-electron chi connectivity index (χ1n) is 7.36. The zero-order valence-electron chi connectivity index (χ0n) is 14.5. The van der Waals surface area contributed by atoms with Crippen molar-refractivity contribution in [3.8, 4) is 0 Å². The smallest absolute Gasteiger partial charge is 0.330 e. The fourth-order valence-electron chi connectivity index (χ4n) is 3.21. The number of ketones is 1. The summed E-state index contributed by atoms with van der Waals surface area (Å²) in [6.45, 7) is 10.9. The van der Waals surface area contributed by atoms with E-state index in [9.17, 15) is 14.7 Å². The molecule has 1 N–H and O–H groups in total. The molecule has 1 atom stereocenters. The van der Waals surface area contributed by atoms with E-state index in [0.29, 0.717) is 22.3 Å². The van der Waals surface area contributed by atoms with Crippen molar-refractivity contribution >= 4 is 11.8 Å². The Balaban J connectivity index is 3.40. The fourth-order valence-corrected chi connectivity index (χ4v) is 3.21. The van der Waals surface area contributed by atoms with E-state index in [1.54, 1.807) is 26.8 Å². The number of carbonyl (C=O) groups excluding carboxylic acids is 2. The number of Topliss-reactive ketones (excluding diaryl/α,β-unsaturated/α-hetero) is 1. The highest BCUT2D eigenvalue weighted by Gasteiger charge is 2.51. The maximum Gasteiger partial charge on any atom is 0.330 e. The predicted molar refractivity (Wildman–Crippen MR) is 86.3 cm³/mol. The Labute approximate surface area is 132 Å². The van der Waals surface area contributed by atoms with Crippen LogP contribution in [0.3, 0.4) is 0 Å². The van der Waals surface area contributed by atoms with E-state index in [-0.39, 0.29) is 12.2 Å². The summed E-state index contributed by atoms with van der Waals surface area (Å²) in [5, 5.41) is 11.3. The number of ether oxygens (including phenoxy) is 1. The van der Waals surface area contributed by atoms with E-state index in [1.807, 2.05) is 20.8 Å². The van der Waals surface area contributed by atoms with Crippen LogP contribution < -0.4 is 0 Å². The average Bonchev–Trinajstić information content (AvgIpc) is 2.42. The molecule has 0 aromatic rings. The number of methoxy groups -OCH3 is 1. The number of hydrogen-bond donors (Lipinski definition) is 1. The van der Waals surface area contributed by atoms with Gasteiger partial charge in [0.15, 0.2) is 5.78 Å². The van der Waals surface area contributed by atoms with Crippen LogP contribution in [0.1, 0.15) is 48.0 Å². The first-order chi connectivity index (χ1) is 9.97. The summed E-state index contributed by atoms with van der Waals surface area (Å²) in [4.78, 5) is 23.4. The van der Waals surface area contributed by atoms with Gasteiger partial charge in [-0.3, -0.25) is 4.79 Å². The molecule has 0 aliphatic heterocycles. The highest BCUT2D eigenvalue weighted by atomic mass is 16.5. The Hall–Kier alpha value is -1.68. The minimum Gasteiger partial charge on any atom is -0.466 e. The third kappa shape index (κ3) is 3.07. The van der Waals surface area contributed by atoms with Gasteiger partial charge in [0, 0.05) is 17.9 Å². The summed E-state index contributed by atoms with van der Waals surface area (Å²) in [6, 6.07) is 0. The first-order valence-corrected chi connectivity index (χ1v) is 7.36. The molecule has 0 fully saturated rings. The molecule has 4 heteroatoms. The molecule has 0 aromatic heterocycles. The molecule has 122 valence electrons. The Kier molecular flexibility index (Phi) is 5.18. The molecule has 0 radical (unpaired) electrons. The molecule has 0 amide bonds. The summed E-state index contributed by atoms with van der Waals surface area (Å²) < 4.78 is 4.61. The second kappa shape index (κ2) is 6.21. The molecule has 0 heterocycles. The van der Waals surface area contributed by atoms with Gasteiger partial charge in [-0.15, -0.1) is 0 Å². The van der Waals surface area contributed by atoms with Crippen LogP contribution in [0.5, 0.6) is 0 Å². The Morgan fingerprint density at radius 1 is 1.23 bits per heavy atom. The molecule has 22 heavy (non-hydrogen) atoms. The van der Waals surface area contributed by atoms with Crippen LogP contribution in [0.4, 0.5) is 0 Å². The monoisotopic (exact) mass is 306 g/mol. The lowest BCUT2D eigenvalue weighted by atomic mass is 9.60. The average molecular weight is 306 g/mol. The normalized spacial score (nSPS) is 26.3. The topological polar surface area (TPSA) is 63.6 Å². The summed E-state index contributed by atoms with van der Waals surface area (Å²) in [5.74, 6) is -0.364. The Morgan fingerprint density at radius 2 is 1.77 bits per heavy atom. The van der Waals surface area contributed by atoms with Crippen LogP contribution in [0.2, 0.25) is 0 Å². The molecule has 1 aliphatic carbocycles. The Morgan fingerprint density at radius 3 is 2.27 bits per heavy atom. The van der Waals surface area contributed by atoms with Crippen molar-refractivity contribution in [2.75, 3.05) is 7.11 Å². The van der Waals surface area contributed by atoms with E-state index in [1.165, 1.54) is 13.2 Å². The first kappa shape index (κ1) is 18.4. The van der Waals surface area contributed by atoms with Gasteiger partial charge in [-0.25, -0.2) is 4.79 Å². The van der Waals surface area contributed by atoms with Crippen molar-refractivity contribution in [3.63, 3.8) is 0 Å². The quantitative estimate of drug-likeness (QED) is 0.494. The van der Waals surface area contributed by atoms with Gasteiger partial charge in [-0.05, 0) is 50.0 Å². The number of allylic oxidation sites excluding steroid dienone is 3. The summed E-state index contributed by atoms with van der Waals surface area (Å²) in [7, 11) is 1.32. The minimum atomic E-state index is -1.21. The molecular formula is C18H26O4. The van der Waals surface area contributed by atoms with Crippen molar-refractivity contribution < 1.29 is 19.4 Å². The molecule has 4 nitrogen and oxygen atoms in total. The molecule has 0 saturated heterocycles. The molecule has 0 spiro atoms. The third-order valence-electron chi connectivity index (χ3n) is 4.67. The number of esters is 1. The summed E-state index contributed by atoms with van der Waals surface area (Å²) in [5.41, 5.74) is 0.865. The van der Waals surface area contributed by atoms with Crippen LogP contribution in [0, 0.1) is 5.41 Å². The summed E-state index contributed by atoms with van der Waals surface area (Å²) in [6.07, 6.45) is 3.43. The molecule has 0 bridgehead atoms. The van der Waals surface area contributed by atoms with Crippen molar-refractivity contribution in [2.24, 2.45) is 5.41 Å². The van der Waals surface area contributed by atoms with Crippen molar-refractivity contribution in [1.29, 1.82) is 0 Å². The van der Waals surface area contributed by atoms with Gasteiger partial charge in [0.25, 0.3) is 0 Å². The molecule has 1 rings (SSSR count). The van der Waals surface area contributed by atoms with Gasteiger partial charge in [0.2, 0.25) is 0 Å². The van der Waals surface area contributed by atoms with E-state index >= 15 is 0 Å². The van der Waals surface area contributed by atoms with Crippen molar-refractivity contribution in [1.82, 2.24) is 0 Å². The molecule has 0 saturated carbocycles. The van der Waals surface area contributed by atoms with Crippen LogP contribution in [0.15, 0.2) is 34.4 Å². The highest BCUT2D eigenvalue weighted by Crippen LogP contribution is 2.49. The number of rotatable bonds is 3. The minimum absolute atomic E-state index is 0.0711. The molecule has 1 aliphatic rings. The third-order valence-corrected chi connectivity index (χ3v) is 4.67.